The summed E-state index contributed by atoms with van der Waals surface area (Å²) in [6.45, 7) is 2.99. The van der Waals surface area contributed by atoms with Gasteiger partial charge in [0.2, 0.25) is 10.0 Å². The number of hydrogen-bond acceptors (Lipinski definition) is 4. The number of nitrogens with one attached hydrogen (secondary N) is 1. The van der Waals surface area contributed by atoms with Crippen LogP contribution >= 0.6 is 0 Å². The van der Waals surface area contributed by atoms with Crippen molar-refractivity contribution in [2.45, 2.75) is 24.3 Å². The zero-order valence-electron chi connectivity index (χ0n) is 12.2. The molecule has 6 heteroatoms. The smallest absolute Gasteiger partial charge is 0.243 e. The Labute approximate surface area is 125 Å². The summed E-state index contributed by atoms with van der Waals surface area (Å²) in [5.41, 5.74) is 0.885. The topological polar surface area (TPSA) is 62.3 Å². The molecule has 2 aromatic rings. The molecule has 3 rings (SSSR count). The van der Waals surface area contributed by atoms with Gasteiger partial charge in [0, 0.05) is 42.3 Å². The molecule has 0 saturated carbocycles. The molecule has 1 atom stereocenters. The van der Waals surface area contributed by atoms with Crippen LogP contribution < -0.4 is 5.32 Å². The largest absolute Gasteiger partial charge is 0.316 e. The van der Waals surface area contributed by atoms with E-state index < -0.39 is 10.0 Å². The van der Waals surface area contributed by atoms with E-state index in [9.17, 15) is 8.42 Å². The maximum absolute atomic E-state index is 12.9. The van der Waals surface area contributed by atoms with E-state index in [4.69, 9.17) is 0 Å². The number of likely N-dealkylation sites (N-methyl/N-ethyl adjacent to an activating group) is 1. The number of benzene rings is 1. The maximum atomic E-state index is 12.9. The average molecular weight is 305 g/mol. The Kier molecular flexibility index (Phi) is 3.69. The number of rotatable bonds is 3. The van der Waals surface area contributed by atoms with E-state index in [2.05, 4.69) is 10.3 Å². The molecule has 1 saturated heterocycles. The normalized spacial score (nSPS) is 20.2. The molecular weight excluding hydrogens is 286 g/mol. The van der Waals surface area contributed by atoms with Crippen molar-refractivity contribution in [2.75, 3.05) is 20.1 Å². The van der Waals surface area contributed by atoms with Crippen molar-refractivity contribution in [1.29, 1.82) is 0 Å². The molecule has 1 aromatic carbocycles. The first-order valence-electron chi connectivity index (χ1n) is 7.05. The van der Waals surface area contributed by atoms with Gasteiger partial charge in [-0.1, -0.05) is 12.1 Å². The Morgan fingerprint density at radius 2 is 2.14 bits per heavy atom. The SMILES string of the molecule is CNC1CCN(S(=O)(=O)c2cccc3cncc(C)c23)C1. The van der Waals surface area contributed by atoms with Crippen molar-refractivity contribution in [3.8, 4) is 0 Å². The third kappa shape index (κ3) is 2.43. The highest BCUT2D eigenvalue weighted by Crippen LogP contribution is 2.29. The van der Waals surface area contributed by atoms with Crippen molar-refractivity contribution < 1.29 is 8.42 Å². The second kappa shape index (κ2) is 5.36. The molecule has 2 heterocycles. The first-order valence-corrected chi connectivity index (χ1v) is 8.49. The molecule has 1 N–H and O–H groups in total. The van der Waals surface area contributed by atoms with Crippen LogP contribution in [0.2, 0.25) is 0 Å². The fourth-order valence-electron chi connectivity index (χ4n) is 2.91. The Morgan fingerprint density at radius 3 is 2.86 bits per heavy atom. The summed E-state index contributed by atoms with van der Waals surface area (Å²) in [7, 11) is -1.60. The van der Waals surface area contributed by atoms with Crippen LogP contribution in [-0.4, -0.2) is 43.9 Å². The predicted molar refractivity (Wildman–Crippen MR) is 82.7 cm³/mol. The minimum atomic E-state index is -3.47. The first kappa shape index (κ1) is 14.4. The highest BCUT2D eigenvalue weighted by Gasteiger charge is 2.33. The van der Waals surface area contributed by atoms with E-state index in [1.165, 1.54) is 0 Å². The first-order chi connectivity index (χ1) is 10.0. The van der Waals surface area contributed by atoms with E-state index in [0.717, 1.165) is 22.8 Å². The number of aromatic nitrogens is 1. The number of nitrogens with zero attached hydrogens (tertiary/aromatic N) is 2. The third-order valence-corrected chi connectivity index (χ3v) is 6.02. The van der Waals surface area contributed by atoms with Crippen molar-refractivity contribution in [2.24, 2.45) is 0 Å². The van der Waals surface area contributed by atoms with Crippen LogP contribution in [0.3, 0.4) is 0 Å². The van der Waals surface area contributed by atoms with Gasteiger partial charge in [-0.3, -0.25) is 4.98 Å². The average Bonchev–Trinajstić information content (AvgIpc) is 2.97. The highest BCUT2D eigenvalue weighted by molar-refractivity contribution is 7.89. The molecule has 1 aromatic heterocycles. The van der Waals surface area contributed by atoms with E-state index >= 15 is 0 Å². The molecule has 0 spiro atoms. The van der Waals surface area contributed by atoms with Gasteiger partial charge in [0.15, 0.2) is 0 Å². The Balaban J connectivity index is 2.12. The van der Waals surface area contributed by atoms with E-state index in [-0.39, 0.29) is 6.04 Å². The zero-order valence-corrected chi connectivity index (χ0v) is 13.0. The minimum Gasteiger partial charge on any atom is -0.316 e. The van der Waals surface area contributed by atoms with Crippen molar-refractivity contribution in [3.05, 3.63) is 36.2 Å². The number of aryl methyl sites for hydroxylation is 1. The van der Waals surface area contributed by atoms with Gasteiger partial charge in [0.25, 0.3) is 0 Å². The monoisotopic (exact) mass is 305 g/mol. The second-order valence-electron chi connectivity index (χ2n) is 5.45. The summed E-state index contributed by atoms with van der Waals surface area (Å²) < 4.78 is 27.5. The quantitative estimate of drug-likeness (QED) is 0.934. The van der Waals surface area contributed by atoms with Crippen LogP contribution in [-0.2, 0) is 10.0 Å². The molecule has 1 aliphatic heterocycles. The summed E-state index contributed by atoms with van der Waals surface area (Å²) >= 11 is 0. The van der Waals surface area contributed by atoms with Gasteiger partial charge in [-0.25, -0.2) is 8.42 Å². The summed E-state index contributed by atoms with van der Waals surface area (Å²) in [5, 5.41) is 4.79. The molecule has 1 aliphatic rings. The lowest BCUT2D eigenvalue weighted by molar-refractivity contribution is 0.465. The zero-order chi connectivity index (χ0) is 15.0. The molecule has 5 nitrogen and oxygen atoms in total. The van der Waals surface area contributed by atoms with Gasteiger partial charge in [-0.2, -0.15) is 4.31 Å². The standard InChI is InChI=1S/C15H19N3O2S/c1-11-8-17-9-12-4-3-5-14(15(11)12)21(19,20)18-7-6-13(10-18)16-2/h3-5,8-9,13,16H,6-7,10H2,1-2H3. The molecule has 0 aliphatic carbocycles. The van der Waals surface area contributed by atoms with Gasteiger partial charge < -0.3 is 5.32 Å². The molecule has 21 heavy (non-hydrogen) atoms. The Morgan fingerprint density at radius 1 is 1.33 bits per heavy atom. The fraction of sp³-hybridized carbons (Fsp3) is 0.400. The third-order valence-electron chi connectivity index (χ3n) is 4.11. The fourth-order valence-corrected chi connectivity index (χ4v) is 4.70. The van der Waals surface area contributed by atoms with E-state index in [1.807, 2.05) is 20.0 Å². The number of hydrogen-bond donors (Lipinski definition) is 1. The van der Waals surface area contributed by atoms with E-state index in [0.29, 0.717) is 18.0 Å². The van der Waals surface area contributed by atoms with Crippen molar-refractivity contribution in [1.82, 2.24) is 14.6 Å². The van der Waals surface area contributed by atoms with Gasteiger partial charge in [0.1, 0.15) is 0 Å². The van der Waals surface area contributed by atoms with Gasteiger partial charge >= 0.3 is 0 Å². The molecular formula is C15H19N3O2S. The molecule has 0 radical (unpaired) electrons. The number of pyridine rings is 1. The van der Waals surface area contributed by atoms with Crippen LogP contribution in [0, 0.1) is 6.92 Å². The lowest BCUT2D eigenvalue weighted by Gasteiger charge is -2.18. The number of sulfonamides is 1. The van der Waals surface area contributed by atoms with Crippen LogP contribution in [0.25, 0.3) is 10.8 Å². The van der Waals surface area contributed by atoms with Crippen LogP contribution in [0.1, 0.15) is 12.0 Å². The van der Waals surface area contributed by atoms with E-state index in [1.54, 1.807) is 28.8 Å². The summed E-state index contributed by atoms with van der Waals surface area (Å²) in [6.07, 6.45) is 4.27. The summed E-state index contributed by atoms with van der Waals surface area (Å²) in [5.74, 6) is 0. The van der Waals surface area contributed by atoms with Crippen molar-refractivity contribution in [3.63, 3.8) is 0 Å². The number of fused-ring (bicyclic) bond motifs is 1. The summed E-state index contributed by atoms with van der Waals surface area (Å²) in [6, 6.07) is 5.60. The van der Waals surface area contributed by atoms with Gasteiger partial charge in [-0.15, -0.1) is 0 Å². The molecule has 112 valence electrons. The molecule has 0 amide bonds. The molecule has 1 unspecified atom stereocenters. The minimum absolute atomic E-state index is 0.234. The Hall–Kier alpha value is -1.50. The maximum Gasteiger partial charge on any atom is 0.243 e. The van der Waals surface area contributed by atoms with Crippen molar-refractivity contribution >= 4 is 20.8 Å². The van der Waals surface area contributed by atoms with Gasteiger partial charge in [0.05, 0.1) is 4.90 Å². The highest BCUT2D eigenvalue weighted by atomic mass is 32.2. The Bertz CT molecular complexity index is 768. The van der Waals surface area contributed by atoms with Crippen LogP contribution in [0.5, 0.6) is 0 Å². The summed E-state index contributed by atoms with van der Waals surface area (Å²) in [4.78, 5) is 4.53. The van der Waals surface area contributed by atoms with Gasteiger partial charge in [-0.05, 0) is 32.0 Å². The van der Waals surface area contributed by atoms with Crippen LogP contribution in [0.4, 0.5) is 0 Å². The molecule has 1 fully saturated rings. The van der Waals surface area contributed by atoms with Crippen LogP contribution in [0.15, 0.2) is 35.5 Å². The predicted octanol–water partition coefficient (Wildman–Crippen LogP) is 1.53. The lowest BCUT2D eigenvalue weighted by atomic mass is 10.1. The molecule has 0 bridgehead atoms. The second-order valence-corrected chi connectivity index (χ2v) is 7.35. The lowest BCUT2D eigenvalue weighted by Crippen LogP contribution is -2.33.